The number of rotatable bonds is 6. The maximum Gasteiger partial charge on any atom is 0.259 e. The van der Waals surface area contributed by atoms with Crippen LogP contribution in [0.3, 0.4) is 0 Å². The lowest BCUT2D eigenvalue weighted by Crippen LogP contribution is -2.38. The minimum absolute atomic E-state index is 0.0440. The normalized spacial score (nSPS) is 16.8. The van der Waals surface area contributed by atoms with Crippen LogP contribution < -0.4 is 5.56 Å². The molecule has 0 bridgehead atoms. The molecule has 6 heteroatoms. The van der Waals surface area contributed by atoms with Crippen molar-refractivity contribution >= 4 is 27.5 Å². The van der Waals surface area contributed by atoms with Crippen molar-refractivity contribution in [1.82, 2.24) is 14.9 Å². The standard InChI is InChI=1S/C26H31N3O2S/c30-24-23-20-13-7-8-14-21(20)32-25(23)28-22(27-24)17-29(16-15-18-9-3-1-4-10-18)26(31)19-11-5-2-6-12-19/h1,3-4,9-10,19H,2,5-8,11-17H2,(H,27,28,30). The van der Waals surface area contributed by atoms with E-state index < -0.39 is 0 Å². The molecule has 32 heavy (non-hydrogen) atoms. The lowest BCUT2D eigenvalue weighted by atomic mass is 9.88. The van der Waals surface area contributed by atoms with Crippen LogP contribution in [0.1, 0.15) is 66.8 Å². The summed E-state index contributed by atoms with van der Waals surface area (Å²) in [6.45, 7) is 1.01. The third kappa shape index (κ3) is 4.51. The summed E-state index contributed by atoms with van der Waals surface area (Å²) in [4.78, 5) is 38.4. The molecule has 1 amide bonds. The van der Waals surface area contributed by atoms with Gasteiger partial charge in [0.2, 0.25) is 5.91 Å². The number of carbonyl (C=O) groups excluding carboxylic acids is 1. The molecule has 2 aliphatic rings. The number of benzene rings is 1. The number of carbonyl (C=O) groups is 1. The van der Waals surface area contributed by atoms with E-state index in [1.165, 1.54) is 28.8 Å². The van der Waals surface area contributed by atoms with Crippen molar-refractivity contribution in [3.63, 3.8) is 0 Å². The van der Waals surface area contributed by atoms with Crippen molar-refractivity contribution in [1.29, 1.82) is 0 Å². The minimum Gasteiger partial charge on any atom is -0.335 e. The first kappa shape index (κ1) is 21.4. The second-order valence-electron chi connectivity index (χ2n) is 9.23. The van der Waals surface area contributed by atoms with Gasteiger partial charge in [-0.1, -0.05) is 49.6 Å². The fourth-order valence-corrected chi connectivity index (χ4v) is 6.53. The highest BCUT2D eigenvalue weighted by atomic mass is 32.1. The van der Waals surface area contributed by atoms with E-state index >= 15 is 0 Å². The monoisotopic (exact) mass is 449 g/mol. The molecule has 0 unspecified atom stereocenters. The second-order valence-corrected chi connectivity index (χ2v) is 10.3. The molecule has 5 rings (SSSR count). The molecular weight excluding hydrogens is 418 g/mol. The highest BCUT2D eigenvalue weighted by molar-refractivity contribution is 7.18. The molecule has 1 aromatic carbocycles. The van der Waals surface area contributed by atoms with E-state index in [1.807, 2.05) is 23.1 Å². The van der Waals surface area contributed by atoms with Crippen LogP contribution >= 0.6 is 11.3 Å². The highest BCUT2D eigenvalue weighted by Gasteiger charge is 2.27. The SMILES string of the molecule is O=C(C1CCCCC1)N(CCc1ccccc1)Cc1nc2sc3c(c2c(=O)[nH]1)CCCC3. The van der Waals surface area contributed by atoms with Crippen molar-refractivity contribution < 1.29 is 4.79 Å². The molecule has 0 spiro atoms. The summed E-state index contributed by atoms with van der Waals surface area (Å²) in [5, 5.41) is 0.780. The molecule has 0 radical (unpaired) electrons. The topological polar surface area (TPSA) is 66.1 Å². The quantitative estimate of drug-likeness (QED) is 0.575. The Balaban J connectivity index is 1.41. The minimum atomic E-state index is -0.0440. The molecule has 2 aliphatic carbocycles. The molecule has 1 fully saturated rings. The lowest BCUT2D eigenvalue weighted by molar-refractivity contribution is -0.137. The van der Waals surface area contributed by atoms with E-state index in [1.54, 1.807) is 11.3 Å². The van der Waals surface area contributed by atoms with E-state index in [4.69, 9.17) is 4.98 Å². The van der Waals surface area contributed by atoms with Crippen molar-refractivity contribution in [2.75, 3.05) is 6.54 Å². The number of nitrogens with zero attached hydrogens (tertiary/aromatic N) is 2. The summed E-state index contributed by atoms with van der Waals surface area (Å²) in [6.07, 6.45) is 10.6. The number of hydrogen-bond donors (Lipinski definition) is 1. The fourth-order valence-electron chi connectivity index (χ4n) is 5.25. The fraction of sp³-hybridized carbons (Fsp3) is 0.500. The van der Waals surface area contributed by atoms with Gasteiger partial charge in [-0.3, -0.25) is 9.59 Å². The lowest BCUT2D eigenvalue weighted by Gasteiger charge is -2.29. The van der Waals surface area contributed by atoms with Gasteiger partial charge in [0.15, 0.2) is 0 Å². The largest absolute Gasteiger partial charge is 0.335 e. The molecule has 0 aliphatic heterocycles. The summed E-state index contributed by atoms with van der Waals surface area (Å²) < 4.78 is 0. The first-order valence-corrected chi connectivity index (χ1v) is 12.9. The summed E-state index contributed by atoms with van der Waals surface area (Å²) in [6, 6.07) is 10.3. The Bertz CT molecular complexity index is 1150. The molecular formula is C26H31N3O2S. The van der Waals surface area contributed by atoms with Crippen LogP contribution in [0.5, 0.6) is 0 Å². The predicted octanol–water partition coefficient (Wildman–Crippen LogP) is 5.02. The number of H-pyrrole nitrogens is 1. The van der Waals surface area contributed by atoms with Gasteiger partial charge in [0.25, 0.3) is 5.56 Å². The Morgan fingerprint density at radius 2 is 1.84 bits per heavy atom. The van der Waals surface area contributed by atoms with Crippen molar-refractivity contribution in [3.8, 4) is 0 Å². The van der Waals surface area contributed by atoms with Gasteiger partial charge in [-0.05, 0) is 56.1 Å². The number of aryl methyl sites for hydroxylation is 2. The third-order valence-electron chi connectivity index (χ3n) is 6.99. The summed E-state index contributed by atoms with van der Waals surface area (Å²) in [7, 11) is 0. The van der Waals surface area contributed by atoms with Gasteiger partial charge >= 0.3 is 0 Å². The maximum atomic E-state index is 13.4. The number of amides is 1. The third-order valence-corrected chi connectivity index (χ3v) is 8.18. The zero-order valence-corrected chi connectivity index (χ0v) is 19.4. The molecule has 0 saturated heterocycles. The van der Waals surface area contributed by atoms with Gasteiger partial charge in [-0.15, -0.1) is 11.3 Å². The predicted molar refractivity (Wildman–Crippen MR) is 129 cm³/mol. The van der Waals surface area contributed by atoms with Crippen LogP contribution in [-0.4, -0.2) is 27.3 Å². The van der Waals surface area contributed by atoms with E-state index in [2.05, 4.69) is 17.1 Å². The molecule has 168 valence electrons. The Labute approximate surface area is 192 Å². The average Bonchev–Trinajstić information content (AvgIpc) is 3.21. The number of thiophene rings is 1. The summed E-state index contributed by atoms with van der Waals surface area (Å²) in [5.74, 6) is 0.927. The number of aromatic amines is 1. The summed E-state index contributed by atoms with van der Waals surface area (Å²) in [5.41, 5.74) is 2.38. The van der Waals surface area contributed by atoms with E-state index in [0.29, 0.717) is 18.9 Å². The zero-order valence-electron chi connectivity index (χ0n) is 18.6. The van der Waals surface area contributed by atoms with Crippen LogP contribution in [0.4, 0.5) is 0 Å². The van der Waals surface area contributed by atoms with Gasteiger partial charge in [0.05, 0.1) is 11.9 Å². The van der Waals surface area contributed by atoms with Crippen molar-refractivity contribution in [3.05, 3.63) is 62.5 Å². The van der Waals surface area contributed by atoms with Crippen LogP contribution in [0.25, 0.3) is 10.2 Å². The maximum absolute atomic E-state index is 13.4. The molecule has 3 aromatic rings. The Kier molecular flexibility index (Phi) is 6.39. The van der Waals surface area contributed by atoms with Crippen molar-refractivity contribution in [2.24, 2.45) is 5.92 Å². The first-order valence-electron chi connectivity index (χ1n) is 12.0. The number of fused-ring (bicyclic) bond motifs is 3. The van der Waals surface area contributed by atoms with Gasteiger partial charge in [-0.2, -0.15) is 0 Å². The average molecular weight is 450 g/mol. The Morgan fingerprint density at radius 1 is 1.06 bits per heavy atom. The summed E-state index contributed by atoms with van der Waals surface area (Å²) >= 11 is 1.67. The first-order chi connectivity index (χ1) is 15.7. The van der Waals surface area contributed by atoms with Crippen LogP contribution in [0, 0.1) is 5.92 Å². The zero-order chi connectivity index (χ0) is 21.9. The molecule has 1 saturated carbocycles. The van der Waals surface area contributed by atoms with Gasteiger partial charge in [0.1, 0.15) is 10.7 Å². The van der Waals surface area contributed by atoms with Crippen LogP contribution in [0.15, 0.2) is 35.1 Å². The number of nitrogens with one attached hydrogen (secondary N) is 1. The molecule has 2 heterocycles. The molecule has 1 N–H and O–H groups in total. The Hall–Kier alpha value is -2.47. The molecule has 5 nitrogen and oxygen atoms in total. The second kappa shape index (κ2) is 9.57. The molecule has 0 atom stereocenters. The van der Waals surface area contributed by atoms with Crippen molar-refractivity contribution in [2.45, 2.75) is 70.8 Å². The number of hydrogen-bond acceptors (Lipinski definition) is 4. The Morgan fingerprint density at radius 3 is 2.66 bits per heavy atom. The van der Waals surface area contributed by atoms with Gasteiger partial charge < -0.3 is 9.88 Å². The van der Waals surface area contributed by atoms with E-state index in [9.17, 15) is 9.59 Å². The molecule has 2 aromatic heterocycles. The van der Waals surface area contributed by atoms with Gasteiger partial charge in [0, 0.05) is 17.3 Å². The van der Waals surface area contributed by atoms with E-state index in [0.717, 1.165) is 61.6 Å². The smallest absolute Gasteiger partial charge is 0.259 e. The highest BCUT2D eigenvalue weighted by Crippen LogP contribution is 2.33. The van der Waals surface area contributed by atoms with Gasteiger partial charge in [-0.25, -0.2) is 4.98 Å². The van der Waals surface area contributed by atoms with Crippen LogP contribution in [0.2, 0.25) is 0 Å². The number of aromatic nitrogens is 2. The van der Waals surface area contributed by atoms with E-state index in [-0.39, 0.29) is 17.4 Å². The van der Waals surface area contributed by atoms with Crippen LogP contribution in [-0.2, 0) is 30.6 Å².